The van der Waals surface area contributed by atoms with Gasteiger partial charge in [0.15, 0.2) is 23.0 Å². The molecule has 5 heteroatoms. The van der Waals surface area contributed by atoms with Crippen LogP contribution in [-0.2, 0) is 0 Å². The molecule has 0 spiro atoms. The molecular weight excluding hydrogens is 371 g/mol. The fourth-order valence-electron chi connectivity index (χ4n) is 1.55. The highest BCUT2D eigenvalue weighted by atomic mass is 79.9. The van der Waals surface area contributed by atoms with Crippen molar-refractivity contribution in [2.75, 3.05) is 0 Å². The van der Waals surface area contributed by atoms with Crippen LogP contribution in [0.4, 0.5) is 0 Å². The van der Waals surface area contributed by atoms with Gasteiger partial charge in [-0.15, -0.1) is 0 Å². The van der Waals surface area contributed by atoms with Crippen molar-refractivity contribution < 1.29 is 9.47 Å². The number of halogens is 3. The van der Waals surface area contributed by atoms with Crippen LogP contribution in [-0.4, -0.2) is 0 Å². The Morgan fingerprint density at radius 1 is 0.824 bits per heavy atom. The van der Waals surface area contributed by atoms with Crippen LogP contribution < -0.4 is 9.47 Å². The Balaban J connectivity index is 2.11. The van der Waals surface area contributed by atoms with Gasteiger partial charge in [-0.2, -0.15) is 0 Å². The molecule has 0 bridgehead atoms. The van der Waals surface area contributed by atoms with Gasteiger partial charge < -0.3 is 9.47 Å². The summed E-state index contributed by atoms with van der Waals surface area (Å²) < 4.78 is 13.2. The molecule has 3 rings (SSSR count). The number of ether oxygens (including phenoxy) is 2. The van der Waals surface area contributed by atoms with E-state index in [1.54, 1.807) is 12.1 Å². The van der Waals surface area contributed by atoms with E-state index in [-0.39, 0.29) is 0 Å². The number of benzene rings is 2. The molecule has 0 aliphatic carbocycles. The molecule has 17 heavy (non-hydrogen) atoms. The number of rotatable bonds is 0. The first-order chi connectivity index (χ1) is 8.13. The summed E-state index contributed by atoms with van der Waals surface area (Å²) in [6, 6.07) is 9.13. The summed E-state index contributed by atoms with van der Waals surface area (Å²) in [7, 11) is 0. The highest BCUT2D eigenvalue weighted by Crippen LogP contribution is 2.48. The molecule has 0 radical (unpaired) electrons. The topological polar surface area (TPSA) is 18.5 Å². The van der Waals surface area contributed by atoms with E-state index in [1.165, 1.54) is 0 Å². The summed E-state index contributed by atoms with van der Waals surface area (Å²) >= 11 is 12.8. The van der Waals surface area contributed by atoms with E-state index in [0.717, 1.165) is 8.95 Å². The van der Waals surface area contributed by atoms with E-state index in [9.17, 15) is 0 Å². The van der Waals surface area contributed by atoms with Gasteiger partial charge in [0.2, 0.25) is 0 Å². The van der Waals surface area contributed by atoms with Crippen LogP contribution in [0, 0.1) is 0 Å². The molecule has 1 aliphatic rings. The zero-order valence-electron chi connectivity index (χ0n) is 8.34. The monoisotopic (exact) mass is 374 g/mol. The van der Waals surface area contributed by atoms with Gasteiger partial charge in [-0.3, -0.25) is 0 Å². The Morgan fingerprint density at radius 2 is 1.47 bits per heavy atom. The van der Waals surface area contributed by atoms with E-state index >= 15 is 0 Å². The van der Waals surface area contributed by atoms with Crippen LogP contribution in [0.2, 0.25) is 5.02 Å². The van der Waals surface area contributed by atoms with Crippen LogP contribution in [0.25, 0.3) is 0 Å². The predicted octanol–water partition coefficient (Wildman–Crippen LogP) is 5.76. The minimum atomic E-state index is 0.591. The third-order valence-electron chi connectivity index (χ3n) is 2.33. The molecule has 2 nitrogen and oxygen atoms in total. The lowest BCUT2D eigenvalue weighted by Gasteiger charge is -2.21. The van der Waals surface area contributed by atoms with Gasteiger partial charge in [0.05, 0.1) is 5.02 Å². The van der Waals surface area contributed by atoms with Crippen molar-refractivity contribution in [3.8, 4) is 23.0 Å². The summed E-state index contributed by atoms with van der Waals surface area (Å²) in [5.41, 5.74) is 0. The van der Waals surface area contributed by atoms with E-state index in [0.29, 0.717) is 28.0 Å². The van der Waals surface area contributed by atoms with Gasteiger partial charge in [0.1, 0.15) is 0 Å². The van der Waals surface area contributed by atoms with Crippen molar-refractivity contribution in [3.63, 3.8) is 0 Å². The molecule has 1 heterocycles. The van der Waals surface area contributed by atoms with Crippen molar-refractivity contribution in [1.82, 2.24) is 0 Å². The molecule has 0 fully saturated rings. The standard InChI is InChI=1S/C12H5Br2ClO2/c13-6-1-2-9-10(3-6)17-11-4-7(14)8(15)5-12(11)16-9/h1-5H. The highest BCUT2D eigenvalue weighted by molar-refractivity contribution is 9.10. The Labute approximate surface area is 120 Å². The minimum absolute atomic E-state index is 0.591. The number of fused-ring (bicyclic) bond motifs is 2. The first-order valence-corrected chi connectivity index (χ1v) is 6.74. The zero-order chi connectivity index (χ0) is 12.0. The average molecular weight is 376 g/mol. The third kappa shape index (κ3) is 2.05. The normalized spacial score (nSPS) is 12.2. The van der Waals surface area contributed by atoms with Gasteiger partial charge in [-0.05, 0) is 34.1 Å². The largest absolute Gasteiger partial charge is 0.449 e. The Kier molecular flexibility index (Phi) is 2.81. The average Bonchev–Trinajstić information content (AvgIpc) is 2.28. The van der Waals surface area contributed by atoms with E-state index < -0.39 is 0 Å². The lowest BCUT2D eigenvalue weighted by molar-refractivity contribution is 0.359. The molecule has 2 aromatic rings. The summed E-state index contributed by atoms with van der Waals surface area (Å²) in [4.78, 5) is 0. The second-order valence-corrected chi connectivity index (χ2v) is 5.69. The first kappa shape index (κ1) is 11.4. The summed E-state index contributed by atoms with van der Waals surface area (Å²) in [6.07, 6.45) is 0. The van der Waals surface area contributed by atoms with Crippen molar-refractivity contribution in [2.24, 2.45) is 0 Å². The molecule has 0 unspecified atom stereocenters. The first-order valence-electron chi connectivity index (χ1n) is 4.78. The maximum Gasteiger partial charge on any atom is 0.171 e. The van der Waals surface area contributed by atoms with Crippen LogP contribution >= 0.6 is 43.5 Å². The molecule has 2 aromatic carbocycles. The van der Waals surface area contributed by atoms with Gasteiger partial charge >= 0.3 is 0 Å². The quantitative estimate of drug-likeness (QED) is 0.496. The lowest BCUT2D eigenvalue weighted by Crippen LogP contribution is -1.98. The van der Waals surface area contributed by atoms with Crippen molar-refractivity contribution in [1.29, 1.82) is 0 Å². The summed E-state index contributed by atoms with van der Waals surface area (Å²) in [5.74, 6) is 2.63. The SMILES string of the molecule is Clc1cc2c(cc1Br)Oc1cc(Br)ccc1O2. The molecule has 0 aromatic heterocycles. The second-order valence-electron chi connectivity index (χ2n) is 3.51. The van der Waals surface area contributed by atoms with Gasteiger partial charge in [0, 0.05) is 21.1 Å². The lowest BCUT2D eigenvalue weighted by atomic mass is 10.2. The molecule has 1 aliphatic heterocycles. The maximum absolute atomic E-state index is 6.01. The fourth-order valence-corrected chi connectivity index (χ4v) is 2.37. The Bertz CT molecular complexity index is 614. The minimum Gasteiger partial charge on any atom is -0.449 e. The number of hydrogen-bond acceptors (Lipinski definition) is 2. The van der Waals surface area contributed by atoms with E-state index in [2.05, 4.69) is 31.9 Å². The van der Waals surface area contributed by atoms with Crippen LogP contribution in [0.3, 0.4) is 0 Å². The maximum atomic E-state index is 6.01. The van der Waals surface area contributed by atoms with Crippen LogP contribution in [0.5, 0.6) is 23.0 Å². The Hall–Kier alpha value is -0.710. The molecule has 0 saturated carbocycles. The number of hydrogen-bond donors (Lipinski definition) is 0. The van der Waals surface area contributed by atoms with Crippen molar-refractivity contribution in [2.45, 2.75) is 0 Å². The summed E-state index contributed by atoms with van der Waals surface area (Å²) in [6.45, 7) is 0. The van der Waals surface area contributed by atoms with Crippen molar-refractivity contribution >= 4 is 43.5 Å². The van der Waals surface area contributed by atoms with Crippen LogP contribution in [0.1, 0.15) is 0 Å². The Morgan fingerprint density at radius 3 is 2.29 bits per heavy atom. The third-order valence-corrected chi connectivity index (χ3v) is 4.02. The van der Waals surface area contributed by atoms with E-state index in [1.807, 2.05) is 18.2 Å². The fraction of sp³-hybridized carbons (Fsp3) is 0. The molecule has 0 saturated heterocycles. The zero-order valence-corrected chi connectivity index (χ0v) is 12.3. The molecular formula is C12H5Br2ClO2. The highest BCUT2D eigenvalue weighted by Gasteiger charge is 2.20. The smallest absolute Gasteiger partial charge is 0.171 e. The van der Waals surface area contributed by atoms with E-state index in [4.69, 9.17) is 21.1 Å². The summed E-state index contributed by atoms with van der Waals surface area (Å²) in [5, 5.41) is 0.591. The van der Waals surface area contributed by atoms with Crippen LogP contribution in [0.15, 0.2) is 39.3 Å². The van der Waals surface area contributed by atoms with Gasteiger partial charge in [0.25, 0.3) is 0 Å². The molecule has 86 valence electrons. The molecule has 0 atom stereocenters. The van der Waals surface area contributed by atoms with Crippen molar-refractivity contribution in [3.05, 3.63) is 44.3 Å². The van der Waals surface area contributed by atoms with Gasteiger partial charge in [-0.25, -0.2) is 0 Å². The predicted molar refractivity (Wildman–Crippen MR) is 73.4 cm³/mol. The second kappa shape index (κ2) is 4.19. The molecule has 0 amide bonds. The molecule has 0 N–H and O–H groups in total. The van der Waals surface area contributed by atoms with Gasteiger partial charge in [-0.1, -0.05) is 27.5 Å².